The average Bonchev–Trinajstić information content (AvgIpc) is 2.72. The van der Waals surface area contributed by atoms with E-state index in [1.165, 1.54) is 25.3 Å². The van der Waals surface area contributed by atoms with Gasteiger partial charge in [0.25, 0.3) is 0 Å². The Bertz CT molecular complexity index is 783. The predicted molar refractivity (Wildman–Crippen MR) is 109 cm³/mol. The molecule has 8 heteroatoms. The molecule has 1 saturated carbocycles. The first-order valence-electron chi connectivity index (χ1n) is 9.65. The zero-order chi connectivity index (χ0) is 19.9. The van der Waals surface area contributed by atoms with E-state index >= 15 is 0 Å². The number of hydrogen-bond acceptors (Lipinski definition) is 6. The number of aliphatic hydroxyl groups excluding tert-OH is 2. The van der Waals surface area contributed by atoms with Crippen molar-refractivity contribution in [1.82, 2.24) is 9.97 Å². The third-order valence-electron chi connectivity index (χ3n) is 5.01. The molecule has 0 aromatic carbocycles. The molecule has 0 unspecified atom stereocenters. The molecule has 2 heterocycles. The van der Waals surface area contributed by atoms with E-state index in [4.69, 9.17) is 21.8 Å². The van der Waals surface area contributed by atoms with Gasteiger partial charge in [0.1, 0.15) is 5.82 Å². The summed E-state index contributed by atoms with van der Waals surface area (Å²) in [6.45, 7) is -0.187. The van der Waals surface area contributed by atoms with E-state index in [-0.39, 0.29) is 31.5 Å². The molecule has 0 spiro atoms. The molecule has 2 aromatic rings. The van der Waals surface area contributed by atoms with Gasteiger partial charge in [-0.05, 0) is 31.0 Å². The second-order valence-electron chi connectivity index (χ2n) is 7.17. The number of nitrogens with one attached hydrogen (secondary N) is 2. The smallest absolute Gasteiger partial charge is 0.165 e. The summed E-state index contributed by atoms with van der Waals surface area (Å²) >= 11 is 6.33. The SMILES string of the molecule is OCC(CO)CNc1nc(-c2cc(NC3CCCCC3)ncc2Cl)ccc1F. The second-order valence-corrected chi connectivity index (χ2v) is 7.57. The molecule has 0 saturated heterocycles. The molecule has 1 aliphatic carbocycles. The topological polar surface area (TPSA) is 90.3 Å². The summed E-state index contributed by atoms with van der Waals surface area (Å²) < 4.78 is 14.1. The minimum Gasteiger partial charge on any atom is -0.396 e. The largest absolute Gasteiger partial charge is 0.396 e. The fourth-order valence-electron chi connectivity index (χ4n) is 3.31. The third-order valence-corrected chi connectivity index (χ3v) is 5.31. The Kier molecular flexibility index (Phi) is 7.42. The summed E-state index contributed by atoms with van der Waals surface area (Å²) in [5, 5.41) is 25.1. The lowest BCUT2D eigenvalue weighted by molar-refractivity contribution is 0.157. The van der Waals surface area contributed by atoms with Gasteiger partial charge in [-0.1, -0.05) is 30.9 Å². The number of aliphatic hydroxyl groups is 2. The number of aromatic nitrogens is 2. The van der Waals surface area contributed by atoms with E-state index in [1.54, 1.807) is 12.3 Å². The van der Waals surface area contributed by atoms with Gasteiger partial charge in [0.15, 0.2) is 11.6 Å². The normalized spacial score (nSPS) is 15.0. The summed E-state index contributed by atoms with van der Waals surface area (Å²) in [7, 11) is 0. The van der Waals surface area contributed by atoms with Crippen molar-refractivity contribution in [2.24, 2.45) is 5.92 Å². The Morgan fingerprint density at radius 3 is 2.64 bits per heavy atom. The highest BCUT2D eigenvalue weighted by Crippen LogP contribution is 2.30. The maximum atomic E-state index is 14.1. The Labute approximate surface area is 169 Å². The molecule has 0 radical (unpaired) electrons. The number of anilines is 2. The van der Waals surface area contributed by atoms with Gasteiger partial charge >= 0.3 is 0 Å². The van der Waals surface area contributed by atoms with Crippen LogP contribution in [0.1, 0.15) is 32.1 Å². The van der Waals surface area contributed by atoms with Gasteiger partial charge in [0.2, 0.25) is 0 Å². The van der Waals surface area contributed by atoms with Gasteiger partial charge in [0, 0.05) is 43.5 Å². The summed E-state index contributed by atoms with van der Waals surface area (Å²) in [5.41, 5.74) is 1.19. The molecule has 6 nitrogen and oxygen atoms in total. The maximum Gasteiger partial charge on any atom is 0.165 e. The van der Waals surface area contributed by atoms with Crippen molar-refractivity contribution in [2.45, 2.75) is 38.1 Å². The van der Waals surface area contributed by atoms with Gasteiger partial charge < -0.3 is 20.8 Å². The van der Waals surface area contributed by atoms with Crippen molar-refractivity contribution in [2.75, 3.05) is 30.4 Å². The zero-order valence-electron chi connectivity index (χ0n) is 15.7. The van der Waals surface area contributed by atoms with Crippen LogP contribution in [0.5, 0.6) is 0 Å². The standard InChI is InChI=1S/C20H26ClFN4O2/c21-16-10-23-19(25-14-4-2-1-3-5-14)8-15(16)18-7-6-17(22)20(26-18)24-9-13(11-27)12-28/h6-8,10,13-14,27-28H,1-5,9,11-12H2,(H,23,25)(H,24,26). The van der Waals surface area contributed by atoms with Crippen LogP contribution in [-0.4, -0.2) is 46.0 Å². The van der Waals surface area contributed by atoms with Crippen LogP contribution in [0.2, 0.25) is 5.02 Å². The van der Waals surface area contributed by atoms with Gasteiger partial charge in [-0.15, -0.1) is 0 Å². The van der Waals surface area contributed by atoms with E-state index < -0.39 is 5.82 Å². The second kappa shape index (κ2) is 10.0. The highest BCUT2D eigenvalue weighted by Gasteiger charge is 2.16. The van der Waals surface area contributed by atoms with E-state index in [0.29, 0.717) is 22.3 Å². The molecular weight excluding hydrogens is 383 g/mol. The van der Waals surface area contributed by atoms with Gasteiger partial charge in [0.05, 0.1) is 10.7 Å². The molecule has 28 heavy (non-hydrogen) atoms. The molecule has 0 atom stereocenters. The fraction of sp³-hybridized carbons (Fsp3) is 0.500. The first-order valence-corrected chi connectivity index (χ1v) is 10.0. The Morgan fingerprint density at radius 2 is 1.93 bits per heavy atom. The summed E-state index contributed by atoms with van der Waals surface area (Å²) in [5.74, 6) is -0.114. The average molecular weight is 409 g/mol. The molecule has 0 bridgehead atoms. The van der Waals surface area contributed by atoms with Crippen LogP contribution in [0, 0.1) is 11.7 Å². The monoisotopic (exact) mass is 408 g/mol. The molecule has 0 aliphatic heterocycles. The van der Waals surface area contributed by atoms with Crippen molar-refractivity contribution in [3.63, 3.8) is 0 Å². The van der Waals surface area contributed by atoms with Gasteiger partial charge in [-0.2, -0.15) is 0 Å². The molecule has 4 N–H and O–H groups in total. The number of nitrogens with zero attached hydrogens (tertiary/aromatic N) is 2. The molecule has 0 amide bonds. The lowest BCUT2D eigenvalue weighted by Crippen LogP contribution is -2.22. The van der Waals surface area contributed by atoms with Crippen molar-refractivity contribution in [1.29, 1.82) is 0 Å². The minimum atomic E-state index is -0.510. The number of rotatable bonds is 8. The van der Waals surface area contributed by atoms with Crippen molar-refractivity contribution in [3.8, 4) is 11.3 Å². The number of pyridine rings is 2. The summed E-state index contributed by atoms with van der Waals surface area (Å²) in [4.78, 5) is 8.71. The summed E-state index contributed by atoms with van der Waals surface area (Å²) in [6.07, 6.45) is 7.54. The van der Waals surface area contributed by atoms with Crippen molar-refractivity contribution in [3.05, 3.63) is 35.2 Å². The van der Waals surface area contributed by atoms with E-state index in [1.807, 2.05) is 6.07 Å². The number of halogens is 2. The highest BCUT2D eigenvalue weighted by molar-refractivity contribution is 6.33. The van der Waals surface area contributed by atoms with Crippen LogP contribution >= 0.6 is 11.6 Å². The van der Waals surface area contributed by atoms with Gasteiger partial charge in [-0.3, -0.25) is 0 Å². The lowest BCUT2D eigenvalue weighted by atomic mass is 9.95. The molecule has 1 fully saturated rings. The van der Waals surface area contributed by atoms with Crippen LogP contribution < -0.4 is 10.6 Å². The van der Waals surface area contributed by atoms with Crippen LogP contribution in [0.15, 0.2) is 24.4 Å². The fourth-order valence-corrected chi connectivity index (χ4v) is 3.51. The highest BCUT2D eigenvalue weighted by atomic mass is 35.5. The molecule has 3 rings (SSSR count). The van der Waals surface area contributed by atoms with Crippen LogP contribution in [0.25, 0.3) is 11.3 Å². The van der Waals surface area contributed by atoms with Crippen molar-refractivity contribution < 1.29 is 14.6 Å². The Morgan fingerprint density at radius 1 is 1.18 bits per heavy atom. The minimum absolute atomic E-state index is 0.0547. The van der Waals surface area contributed by atoms with Crippen LogP contribution in [0.4, 0.5) is 16.0 Å². The predicted octanol–water partition coefficient (Wildman–Crippen LogP) is 3.69. The molecule has 152 valence electrons. The van der Waals surface area contributed by atoms with E-state index in [2.05, 4.69) is 20.6 Å². The van der Waals surface area contributed by atoms with E-state index in [0.717, 1.165) is 18.7 Å². The van der Waals surface area contributed by atoms with Crippen LogP contribution in [0.3, 0.4) is 0 Å². The Balaban J connectivity index is 1.79. The zero-order valence-corrected chi connectivity index (χ0v) is 16.4. The molecule has 1 aliphatic rings. The summed E-state index contributed by atoms with van der Waals surface area (Å²) in [6, 6.07) is 5.14. The molecular formula is C20H26ClFN4O2. The quantitative estimate of drug-likeness (QED) is 0.532. The lowest BCUT2D eigenvalue weighted by Gasteiger charge is -2.23. The first kappa shape index (κ1) is 20.8. The molecule has 2 aromatic heterocycles. The number of hydrogen-bond donors (Lipinski definition) is 4. The maximum absolute atomic E-state index is 14.1. The Hall–Kier alpha value is -1.96. The van der Waals surface area contributed by atoms with Crippen molar-refractivity contribution >= 4 is 23.2 Å². The van der Waals surface area contributed by atoms with Crippen LogP contribution in [-0.2, 0) is 0 Å². The van der Waals surface area contributed by atoms with Gasteiger partial charge in [-0.25, -0.2) is 14.4 Å². The first-order chi connectivity index (χ1) is 13.6. The third kappa shape index (κ3) is 5.31. The van der Waals surface area contributed by atoms with E-state index in [9.17, 15) is 4.39 Å².